The SMILES string of the molecule is COC(=O)[C@@]1(C)C[C@@H](COc2ccc(-c3ccc(C#N)cc3)cc2)N(CCc2ccccc2)C1=O. The molecule has 0 unspecified atom stereocenters. The minimum atomic E-state index is -1.21. The number of methoxy groups -OCH3 is 1. The van der Waals surface area contributed by atoms with Crippen molar-refractivity contribution in [1.29, 1.82) is 5.26 Å². The molecule has 178 valence electrons. The van der Waals surface area contributed by atoms with E-state index in [1.165, 1.54) is 7.11 Å². The topological polar surface area (TPSA) is 79.6 Å². The zero-order chi connectivity index (χ0) is 24.8. The van der Waals surface area contributed by atoms with Crippen LogP contribution in [0.1, 0.15) is 24.5 Å². The second-order valence-electron chi connectivity index (χ2n) is 8.94. The van der Waals surface area contributed by atoms with Gasteiger partial charge in [-0.1, -0.05) is 54.6 Å². The number of likely N-dealkylation sites (tertiary alicyclic amines) is 1. The summed E-state index contributed by atoms with van der Waals surface area (Å²) >= 11 is 0. The molecule has 6 nitrogen and oxygen atoms in total. The maximum absolute atomic E-state index is 13.3. The van der Waals surface area contributed by atoms with E-state index >= 15 is 0 Å². The first-order valence-corrected chi connectivity index (χ1v) is 11.6. The third kappa shape index (κ3) is 5.20. The lowest BCUT2D eigenvalue weighted by atomic mass is 9.87. The van der Waals surface area contributed by atoms with Crippen LogP contribution in [0.3, 0.4) is 0 Å². The standard InChI is InChI=1S/C29H28N2O4/c1-29(28(33)34-2)18-25(31(27(29)32)17-16-21-6-4-3-5-7-21)20-35-26-14-12-24(13-15-26)23-10-8-22(19-30)9-11-23/h3-15,25H,16-18,20H2,1-2H3/t25-,29-/m0/s1. The lowest BCUT2D eigenvalue weighted by Crippen LogP contribution is -2.42. The van der Waals surface area contributed by atoms with E-state index in [0.717, 1.165) is 16.7 Å². The zero-order valence-corrected chi connectivity index (χ0v) is 19.9. The Morgan fingerprint density at radius 3 is 2.26 bits per heavy atom. The highest BCUT2D eigenvalue weighted by atomic mass is 16.5. The van der Waals surface area contributed by atoms with Crippen LogP contribution in [0, 0.1) is 16.7 Å². The van der Waals surface area contributed by atoms with Gasteiger partial charge in [-0.05, 0) is 60.7 Å². The van der Waals surface area contributed by atoms with Crippen molar-refractivity contribution < 1.29 is 19.1 Å². The second kappa shape index (κ2) is 10.4. The van der Waals surface area contributed by atoms with E-state index in [-0.39, 0.29) is 18.6 Å². The summed E-state index contributed by atoms with van der Waals surface area (Å²) in [5.41, 5.74) is 2.57. The second-order valence-corrected chi connectivity index (χ2v) is 8.94. The Hall–Kier alpha value is -4.11. The number of rotatable bonds is 8. The van der Waals surface area contributed by atoms with Gasteiger partial charge in [-0.25, -0.2) is 0 Å². The van der Waals surface area contributed by atoms with E-state index < -0.39 is 11.4 Å². The predicted molar refractivity (Wildman–Crippen MR) is 132 cm³/mol. The summed E-state index contributed by atoms with van der Waals surface area (Å²) in [5.74, 6) is -0.0453. The van der Waals surface area contributed by atoms with Crippen LogP contribution < -0.4 is 4.74 Å². The molecule has 1 saturated heterocycles. The Labute approximate surface area is 205 Å². The van der Waals surface area contributed by atoms with Crippen LogP contribution in [0.2, 0.25) is 0 Å². The van der Waals surface area contributed by atoms with E-state index in [2.05, 4.69) is 6.07 Å². The van der Waals surface area contributed by atoms with Crippen LogP contribution in [-0.2, 0) is 20.7 Å². The average Bonchev–Trinajstić information content (AvgIpc) is 3.16. The first kappa shape index (κ1) is 24.0. The van der Waals surface area contributed by atoms with Crippen molar-refractivity contribution in [3.8, 4) is 22.9 Å². The van der Waals surface area contributed by atoms with Crippen LogP contribution in [0.4, 0.5) is 0 Å². The number of hydrogen-bond donors (Lipinski definition) is 0. The summed E-state index contributed by atoms with van der Waals surface area (Å²) in [6.45, 7) is 2.44. The molecule has 35 heavy (non-hydrogen) atoms. The van der Waals surface area contributed by atoms with E-state index in [1.54, 1.807) is 24.0 Å². The van der Waals surface area contributed by atoms with Crippen LogP contribution in [0.5, 0.6) is 5.75 Å². The number of ether oxygens (including phenoxy) is 2. The van der Waals surface area contributed by atoms with Crippen LogP contribution in [-0.4, -0.2) is 43.1 Å². The molecule has 2 atom stereocenters. The number of carbonyl (C=O) groups excluding carboxylic acids is 2. The van der Waals surface area contributed by atoms with E-state index in [9.17, 15) is 9.59 Å². The summed E-state index contributed by atoms with van der Waals surface area (Å²) in [6.07, 6.45) is 1.04. The molecule has 0 aliphatic carbocycles. The smallest absolute Gasteiger partial charge is 0.321 e. The van der Waals surface area contributed by atoms with E-state index in [0.29, 0.717) is 30.7 Å². The van der Waals surface area contributed by atoms with E-state index in [1.807, 2.05) is 66.7 Å². The van der Waals surface area contributed by atoms with Crippen molar-refractivity contribution in [2.45, 2.75) is 25.8 Å². The number of nitriles is 1. The number of esters is 1. The first-order chi connectivity index (χ1) is 16.9. The van der Waals surface area contributed by atoms with Crippen molar-refractivity contribution in [3.63, 3.8) is 0 Å². The molecule has 1 aliphatic rings. The third-order valence-electron chi connectivity index (χ3n) is 6.58. The molecule has 1 fully saturated rings. The largest absolute Gasteiger partial charge is 0.491 e. The van der Waals surface area contributed by atoms with Gasteiger partial charge in [0.2, 0.25) is 5.91 Å². The Bertz CT molecular complexity index is 1220. The number of carbonyl (C=O) groups is 2. The fraction of sp³-hybridized carbons (Fsp3) is 0.276. The quantitative estimate of drug-likeness (QED) is 0.356. The molecular formula is C29H28N2O4. The highest BCUT2D eigenvalue weighted by Crippen LogP contribution is 2.37. The normalized spacial score (nSPS) is 19.3. The van der Waals surface area contributed by atoms with Crippen molar-refractivity contribution in [1.82, 2.24) is 4.90 Å². The van der Waals surface area contributed by atoms with Gasteiger partial charge in [-0.2, -0.15) is 5.26 Å². The van der Waals surface area contributed by atoms with Crippen LogP contribution >= 0.6 is 0 Å². The molecule has 3 aromatic rings. The van der Waals surface area contributed by atoms with Gasteiger partial charge < -0.3 is 14.4 Å². The van der Waals surface area contributed by atoms with Crippen molar-refractivity contribution >= 4 is 11.9 Å². The molecule has 3 aromatic carbocycles. The zero-order valence-electron chi connectivity index (χ0n) is 19.9. The lowest BCUT2D eigenvalue weighted by Gasteiger charge is -2.25. The van der Waals surface area contributed by atoms with E-state index in [4.69, 9.17) is 14.7 Å². The number of benzene rings is 3. The van der Waals surface area contributed by atoms with Gasteiger partial charge in [0.15, 0.2) is 0 Å². The number of hydrogen-bond acceptors (Lipinski definition) is 5. The average molecular weight is 469 g/mol. The van der Waals surface area contributed by atoms with Crippen molar-refractivity contribution in [2.24, 2.45) is 5.41 Å². The minimum absolute atomic E-state index is 0.218. The van der Waals surface area contributed by atoms with Gasteiger partial charge in [0.25, 0.3) is 0 Å². The fourth-order valence-corrected chi connectivity index (χ4v) is 4.55. The third-order valence-corrected chi connectivity index (χ3v) is 6.58. The summed E-state index contributed by atoms with van der Waals surface area (Å²) in [7, 11) is 1.31. The van der Waals surface area contributed by atoms with Crippen molar-refractivity contribution in [2.75, 3.05) is 20.3 Å². The van der Waals surface area contributed by atoms with Gasteiger partial charge >= 0.3 is 5.97 Å². The predicted octanol–water partition coefficient (Wildman–Crippen LogP) is 4.63. The highest BCUT2D eigenvalue weighted by molar-refractivity contribution is 6.04. The fourth-order valence-electron chi connectivity index (χ4n) is 4.55. The summed E-state index contributed by atoms with van der Waals surface area (Å²) in [4.78, 5) is 27.5. The molecule has 0 bridgehead atoms. The van der Waals surface area contributed by atoms with Gasteiger partial charge in [0.1, 0.15) is 17.8 Å². The molecule has 4 rings (SSSR count). The summed E-state index contributed by atoms with van der Waals surface area (Å²) in [6, 6.07) is 27.0. The summed E-state index contributed by atoms with van der Waals surface area (Å²) < 4.78 is 11.0. The molecule has 1 heterocycles. The molecule has 0 spiro atoms. The number of amides is 1. The molecule has 6 heteroatoms. The molecule has 1 aliphatic heterocycles. The van der Waals surface area contributed by atoms with Crippen LogP contribution in [0.25, 0.3) is 11.1 Å². The Kier molecular flexibility index (Phi) is 7.17. The molecule has 0 radical (unpaired) electrons. The monoisotopic (exact) mass is 468 g/mol. The molecule has 0 aromatic heterocycles. The summed E-state index contributed by atoms with van der Waals surface area (Å²) in [5, 5.41) is 8.97. The maximum atomic E-state index is 13.3. The van der Waals surface area contributed by atoms with Gasteiger partial charge in [0, 0.05) is 6.54 Å². The first-order valence-electron chi connectivity index (χ1n) is 11.6. The Morgan fingerprint density at radius 1 is 1.03 bits per heavy atom. The minimum Gasteiger partial charge on any atom is -0.491 e. The molecule has 0 saturated carbocycles. The van der Waals surface area contributed by atoms with Gasteiger partial charge in [-0.3, -0.25) is 9.59 Å². The molecule has 0 N–H and O–H groups in total. The van der Waals surface area contributed by atoms with Gasteiger partial charge in [-0.15, -0.1) is 0 Å². The lowest BCUT2D eigenvalue weighted by molar-refractivity contribution is -0.157. The van der Waals surface area contributed by atoms with Gasteiger partial charge in [0.05, 0.1) is 24.8 Å². The maximum Gasteiger partial charge on any atom is 0.321 e. The molecular weight excluding hydrogens is 440 g/mol. The van der Waals surface area contributed by atoms with Crippen molar-refractivity contribution in [3.05, 3.63) is 90.0 Å². The number of nitrogens with zero attached hydrogens (tertiary/aromatic N) is 2. The molecule has 1 amide bonds. The Morgan fingerprint density at radius 2 is 1.66 bits per heavy atom. The van der Waals surface area contributed by atoms with Crippen LogP contribution in [0.15, 0.2) is 78.9 Å². The Balaban J connectivity index is 1.45. The highest BCUT2D eigenvalue weighted by Gasteiger charge is 2.54.